The number of aliphatic imine (C=N–C) groups is 1. The normalized spacial score (nSPS) is 20.9. The largest absolute Gasteiger partial charge is 0.374 e. The molecule has 0 atom stereocenters. The molecule has 1 fully saturated rings. The van der Waals surface area contributed by atoms with Crippen LogP contribution in [0.5, 0.6) is 0 Å². The van der Waals surface area contributed by atoms with Gasteiger partial charge in [-0.3, -0.25) is 4.99 Å². The van der Waals surface area contributed by atoms with Gasteiger partial charge in [0.15, 0.2) is 0 Å². The molecule has 19 heavy (non-hydrogen) atoms. The molecule has 0 radical (unpaired) electrons. The van der Waals surface area contributed by atoms with E-state index in [2.05, 4.69) is 33.0 Å². The van der Waals surface area contributed by atoms with Gasteiger partial charge in [-0.2, -0.15) is 0 Å². The number of amidine groups is 1. The molecule has 2 heteroatoms. The first-order chi connectivity index (χ1) is 9.08. The van der Waals surface area contributed by atoms with Crippen LogP contribution >= 0.6 is 0 Å². The molecule has 102 valence electrons. The second kappa shape index (κ2) is 4.66. The highest BCUT2D eigenvalue weighted by Gasteiger charge is 2.26. The van der Waals surface area contributed by atoms with Crippen LogP contribution in [0.2, 0.25) is 0 Å². The van der Waals surface area contributed by atoms with Crippen LogP contribution in [0, 0.1) is 27.7 Å². The van der Waals surface area contributed by atoms with E-state index >= 15 is 0 Å². The fourth-order valence-corrected chi connectivity index (χ4v) is 3.56. The second-order valence-corrected chi connectivity index (χ2v) is 6.13. The molecular formula is C17H24N2. The van der Waals surface area contributed by atoms with Crippen molar-refractivity contribution in [2.75, 3.05) is 6.54 Å². The maximum Gasteiger partial charge on any atom is 0.0967 e. The van der Waals surface area contributed by atoms with Crippen LogP contribution in [0.15, 0.2) is 4.99 Å². The Morgan fingerprint density at radius 1 is 0.895 bits per heavy atom. The standard InChI is InChI=1S/C17H24N2/c1-10-11(2)13(4)16-9-14(8-15(16)12(10)3)19-17-6-5-7-18-17/h14H,5-9H2,1-4H3,(H,18,19). The van der Waals surface area contributed by atoms with E-state index in [1.165, 1.54) is 34.5 Å². The molecule has 0 saturated carbocycles. The van der Waals surface area contributed by atoms with Crippen molar-refractivity contribution < 1.29 is 0 Å². The van der Waals surface area contributed by atoms with Gasteiger partial charge in [-0.05, 0) is 80.3 Å². The van der Waals surface area contributed by atoms with Gasteiger partial charge in [-0.1, -0.05) is 0 Å². The highest BCUT2D eigenvalue weighted by atomic mass is 15.0. The summed E-state index contributed by atoms with van der Waals surface area (Å²) in [6, 6.07) is 0.467. The summed E-state index contributed by atoms with van der Waals surface area (Å²) in [4.78, 5) is 4.94. The molecule has 0 bridgehead atoms. The predicted octanol–water partition coefficient (Wildman–Crippen LogP) is 3.17. The van der Waals surface area contributed by atoms with Crippen LogP contribution in [0.1, 0.15) is 46.2 Å². The molecule has 1 aromatic rings. The van der Waals surface area contributed by atoms with Gasteiger partial charge in [-0.25, -0.2) is 0 Å². The molecule has 0 amide bonds. The highest BCUT2D eigenvalue weighted by Crippen LogP contribution is 2.34. The third-order valence-electron chi connectivity index (χ3n) is 5.09. The van der Waals surface area contributed by atoms with Crippen molar-refractivity contribution in [2.45, 2.75) is 59.4 Å². The summed E-state index contributed by atoms with van der Waals surface area (Å²) < 4.78 is 0. The van der Waals surface area contributed by atoms with Crippen LogP contribution in [0.3, 0.4) is 0 Å². The topological polar surface area (TPSA) is 24.4 Å². The van der Waals surface area contributed by atoms with E-state index in [0.717, 1.165) is 25.8 Å². The van der Waals surface area contributed by atoms with Crippen molar-refractivity contribution in [3.8, 4) is 0 Å². The Kier molecular flexibility index (Phi) is 3.12. The zero-order chi connectivity index (χ0) is 13.6. The first kappa shape index (κ1) is 12.7. The molecule has 1 aliphatic heterocycles. The van der Waals surface area contributed by atoms with Crippen molar-refractivity contribution >= 4 is 5.84 Å². The minimum absolute atomic E-state index is 0.467. The lowest BCUT2D eigenvalue weighted by molar-refractivity contribution is 0.716. The van der Waals surface area contributed by atoms with Gasteiger partial charge in [0.25, 0.3) is 0 Å². The third-order valence-corrected chi connectivity index (χ3v) is 5.09. The Morgan fingerprint density at radius 2 is 1.47 bits per heavy atom. The number of nitrogens with zero attached hydrogens (tertiary/aromatic N) is 1. The highest BCUT2D eigenvalue weighted by molar-refractivity contribution is 5.84. The number of fused-ring (bicyclic) bond motifs is 1. The first-order valence-electron chi connectivity index (χ1n) is 7.46. The van der Waals surface area contributed by atoms with Crippen LogP contribution in [-0.4, -0.2) is 18.4 Å². The number of benzene rings is 1. The minimum atomic E-state index is 0.467. The summed E-state index contributed by atoms with van der Waals surface area (Å²) in [5.74, 6) is 1.24. The summed E-state index contributed by atoms with van der Waals surface area (Å²) in [5, 5.41) is 3.41. The van der Waals surface area contributed by atoms with Gasteiger partial charge >= 0.3 is 0 Å². The quantitative estimate of drug-likeness (QED) is 0.820. The van der Waals surface area contributed by atoms with E-state index in [9.17, 15) is 0 Å². The van der Waals surface area contributed by atoms with Crippen molar-refractivity contribution in [1.82, 2.24) is 5.32 Å². The Balaban J connectivity index is 1.94. The maximum absolute atomic E-state index is 4.94. The average molecular weight is 256 g/mol. The Bertz CT molecular complexity index is 510. The Hall–Kier alpha value is -1.31. The van der Waals surface area contributed by atoms with E-state index in [0.29, 0.717) is 6.04 Å². The average Bonchev–Trinajstić information content (AvgIpc) is 3.04. The lowest BCUT2D eigenvalue weighted by Crippen LogP contribution is -2.18. The lowest BCUT2D eigenvalue weighted by Gasteiger charge is -2.15. The first-order valence-corrected chi connectivity index (χ1v) is 7.46. The van der Waals surface area contributed by atoms with Gasteiger partial charge in [0.2, 0.25) is 0 Å². The number of rotatable bonds is 1. The van der Waals surface area contributed by atoms with Gasteiger partial charge in [0, 0.05) is 13.0 Å². The fourth-order valence-electron chi connectivity index (χ4n) is 3.56. The monoisotopic (exact) mass is 256 g/mol. The van der Waals surface area contributed by atoms with Crippen LogP contribution in [0.4, 0.5) is 0 Å². The molecule has 2 aliphatic rings. The second-order valence-electron chi connectivity index (χ2n) is 6.13. The van der Waals surface area contributed by atoms with Crippen LogP contribution in [-0.2, 0) is 12.8 Å². The Labute approximate surface area is 116 Å². The van der Waals surface area contributed by atoms with Crippen molar-refractivity contribution in [1.29, 1.82) is 0 Å². The predicted molar refractivity (Wildman–Crippen MR) is 81.3 cm³/mol. The fraction of sp³-hybridized carbons (Fsp3) is 0.588. The van der Waals surface area contributed by atoms with E-state index in [1.54, 1.807) is 11.1 Å². The molecule has 1 aliphatic carbocycles. The molecule has 0 spiro atoms. The molecule has 1 aromatic carbocycles. The van der Waals surface area contributed by atoms with Gasteiger partial charge < -0.3 is 5.32 Å². The smallest absolute Gasteiger partial charge is 0.0967 e. The molecular weight excluding hydrogens is 232 g/mol. The number of hydrogen-bond acceptors (Lipinski definition) is 1. The molecule has 1 heterocycles. The van der Waals surface area contributed by atoms with E-state index in [4.69, 9.17) is 4.99 Å². The zero-order valence-corrected chi connectivity index (χ0v) is 12.6. The van der Waals surface area contributed by atoms with E-state index in [1.807, 2.05) is 0 Å². The lowest BCUT2D eigenvalue weighted by atomic mass is 9.90. The summed E-state index contributed by atoms with van der Waals surface area (Å²) >= 11 is 0. The number of hydrogen-bond donors (Lipinski definition) is 1. The number of nitrogens with one attached hydrogen (secondary N) is 1. The van der Waals surface area contributed by atoms with Crippen LogP contribution < -0.4 is 5.32 Å². The maximum atomic E-state index is 4.94. The Morgan fingerprint density at radius 3 is 1.95 bits per heavy atom. The molecule has 1 N–H and O–H groups in total. The zero-order valence-electron chi connectivity index (χ0n) is 12.6. The van der Waals surface area contributed by atoms with Crippen LogP contribution in [0.25, 0.3) is 0 Å². The minimum Gasteiger partial charge on any atom is -0.374 e. The van der Waals surface area contributed by atoms with Crippen molar-refractivity contribution in [3.63, 3.8) is 0 Å². The van der Waals surface area contributed by atoms with Crippen molar-refractivity contribution in [3.05, 3.63) is 33.4 Å². The van der Waals surface area contributed by atoms with E-state index < -0.39 is 0 Å². The summed E-state index contributed by atoms with van der Waals surface area (Å²) in [5.41, 5.74) is 9.10. The molecule has 0 unspecified atom stereocenters. The summed E-state index contributed by atoms with van der Waals surface area (Å²) in [6.45, 7) is 10.2. The van der Waals surface area contributed by atoms with Gasteiger partial charge in [0.1, 0.15) is 0 Å². The SMILES string of the molecule is Cc1c(C)c(C)c2c(c1C)CC(/N=C1/CCCN1)C2. The van der Waals surface area contributed by atoms with Crippen molar-refractivity contribution in [2.24, 2.45) is 4.99 Å². The molecule has 0 aromatic heterocycles. The third kappa shape index (κ3) is 2.07. The van der Waals surface area contributed by atoms with E-state index in [-0.39, 0.29) is 0 Å². The van der Waals surface area contributed by atoms with Gasteiger partial charge in [-0.15, -0.1) is 0 Å². The van der Waals surface area contributed by atoms with Gasteiger partial charge in [0.05, 0.1) is 11.9 Å². The summed E-state index contributed by atoms with van der Waals surface area (Å²) in [7, 11) is 0. The molecule has 1 saturated heterocycles. The molecule has 2 nitrogen and oxygen atoms in total. The summed E-state index contributed by atoms with van der Waals surface area (Å²) in [6.07, 6.45) is 4.65. The molecule has 3 rings (SSSR count).